The van der Waals surface area contributed by atoms with Crippen LogP contribution in [-0.4, -0.2) is 51.5 Å². The number of aryl methyl sites for hydroxylation is 1. The maximum Gasteiger partial charge on any atom is 0.234 e. The van der Waals surface area contributed by atoms with Crippen LogP contribution in [0.3, 0.4) is 0 Å². The molecule has 6 rings (SSSR count). The van der Waals surface area contributed by atoms with Gasteiger partial charge in [-0.3, -0.25) is 14.5 Å². The Kier molecular flexibility index (Phi) is 7.51. The summed E-state index contributed by atoms with van der Waals surface area (Å²) < 4.78 is 22.0. The molecule has 0 radical (unpaired) electrons. The van der Waals surface area contributed by atoms with E-state index in [1.165, 1.54) is 29.5 Å². The molecular formula is C26H28Cl3FN4O3S. The largest absolute Gasteiger partial charge is 0.485 e. The van der Waals surface area contributed by atoms with Gasteiger partial charge in [0, 0.05) is 28.6 Å². The first-order valence-electron chi connectivity index (χ1n) is 11.9. The van der Waals surface area contributed by atoms with E-state index in [9.17, 15) is 9.59 Å². The number of amides is 2. The second-order valence-corrected chi connectivity index (χ2v) is 12.4. The fraction of sp³-hybridized carbons (Fsp3) is 0.462. The van der Waals surface area contributed by atoms with E-state index in [4.69, 9.17) is 16.3 Å². The van der Waals surface area contributed by atoms with Crippen molar-refractivity contribution in [1.29, 1.82) is 0 Å². The number of hydrogen-bond donors (Lipinski definition) is 1. The lowest BCUT2D eigenvalue weighted by Gasteiger charge is -2.25. The van der Waals surface area contributed by atoms with Gasteiger partial charge in [-0.05, 0) is 43.0 Å². The molecule has 7 nitrogen and oxygen atoms in total. The van der Waals surface area contributed by atoms with Crippen LogP contribution in [0.5, 0.6) is 5.75 Å². The van der Waals surface area contributed by atoms with Gasteiger partial charge in [-0.1, -0.05) is 25.4 Å². The van der Waals surface area contributed by atoms with Gasteiger partial charge in [0.05, 0.1) is 34.3 Å². The SMILES string of the molecule is Cc1cc(Cl)cc(-c2ncnc3cc(CN4C(=O)C5C(C4=O)C5(C)C)sc23)c1OC1CNCC1(C)F.Cl.Cl. The first kappa shape index (κ1) is 29.0. The molecule has 0 spiro atoms. The Morgan fingerprint density at radius 1 is 1.16 bits per heavy atom. The molecular weight excluding hydrogens is 574 g/mol. The molecule has 1 saturated carbocycles. The Bertz CT molecular complexity index is 1420. The molecule has 3 aromatic rings. The molecule has 12 heteroatoms. The van der Waals surface area contributed by atoms with E-state index in [-0.39, 0.29) is 67.0 Å². The van der Waals surface area contributed by atoms with Crippen LogP contribution in [0.4, 0.5) is 4.39 Å². The van der Waals surface area contributed by atoms with Crippen molar-refractivity contribution in [2.45, 2.75) is 46.0 Å². The molecule has 3 aliphatic rings. The predicted molar refractivity (Wildman–Crippen MR) is 150 cm³/mol. The number of carbonyl (C=O) groups is 2. The van der Waals surface area contributed by atoms with Gasteiger partial charge in [-0.25, -0.2) is 14.4 Å². The predicted octanol–water partition coefficient (Wildman–Crippen LogP) is 5.38. The number of halogens is 4. The maximum atomic E-state index is 15.0. The number of likely N-dealkylation sites (tertiary alicyclic amines) is 1. The van der Waals surface area contributed by atoms with Crippen LogP contribution in [0.2, 0.25) is 5.02 Å². The van der Waals surface area contributed by atoms with E-state index >= 15 is 4.39 Å². The van der Waals surface area contributed by atoms with Gasteiger partial charge in [-0.2, -0.15) is 0 Å². The number of benzene rings is 1. The quantitative estimate of drug-likeness (QED) is 0.395. The van der Waals surface area contributed by atoms with E-state index in [0.29, 0.717) is 34.1 Å². The molecule has 3 fully saturated rings. The van der Waals surface area contributed by atoms with Crippen molar-refractivity contribution >= 4 is 69.8 Å². The van der Waals surface area contributed by atoms with Gasteiger partial charge in [0.15, 0.2) is 5.67 Å². The number of nitrogens with zero attached hydrogens (tertiary/aromatic N) is 3. The highest BCUT2D eigenvalue weighted by Crippen LogP contribution is 2.63. The van der Waals surface area contributed by atoms with Crippen molar-refractivity contribution in [2.24, 2.45) is 17.3 Å². The molecule has 2 amide bonds. The Morgan fingerprint density at radius 3 is 2.47 bits per heavy atom. The standard InChI is InChI=1S/C26H26ClFN4O3S.2ClH/c1-12-5-13(27)6-15(21(12)35-17-8-29-10-26(17,4)28)20-22-16(30-11-31-20)7-14(36-22)9-32-23(33)18-19(24(32)34)25(18,2)3;;/h5-7,11,17-19,29H,8-10H2,1-4H3;2*1H. The summed E-state index contributed by atoms with van der Waals surface area (Å²) in [4.78, 5) is 36.8. The molecule has 4 heterocycles. The fourth-order valence-electron chi connectivity index (χ4n) is 5.63. The van der Waals surface area contributed by atoms with Crippen molar-refractivity contribution in [3.8, 4) is 17.0 Å². The topological polar surface area (TPSA) is 84.4 Å². The van der Waals surface area contributed by atoms with Gasteiger partial charge in [0.1, 0.15) is 18.2 Å². The molecule has 1 aliphatic carbocycles. The zero-order valence-corrected chi connectivity index (χ0v) is 24.4. The number of alkyl halides is 1. The molecule has 1 aromatic carbocycles. The number of nitrogens with one attached hydrogen (secondary N) is 1. The highest BCUT2D eigenvalue weighted by molar-refractivity contribution is 7.19. The number of rotatable bonds is 5. The summed E-state index contributed by atoms with van der Waals surface area (Å²) in [7, 11) is 0. The molecule has 4 atom stereocenters. The van der Waals surface area contributed by atoms with E-state index < -0.39 is 11.8 Å². The van der Waals surface area contributed by atoms with Crippen LogP contribution >= 0.6 is 47.8 Å². The maximum absolute atomic E-state index is 15.0. The monoisotopic (exact) mass is 600 g/mol. The van der Waals surface area contributed by atoms with Crippen LogP contribution in [0.15, 0.2) is 24.5 Å². The normalized spacial score (nSPS) is 27.2. The lowest BCUT2D eigenvalue weighted by atomic mass is 10.0. The number of piperidine rings is 1. The van der Waals surface area contributed by atoms with E-state index in [1.54, 1.807) is 12.1 Å². The smallest absolute Gasteiger partial charge is 0.234 e. The fourth-order valence-corrected chi connectivity index (χ4v) is 7.01. The Hall–Kier alpha value is -2.04. The third kappa shape index (κ3) is 4.46. The van der Waals surface area contributed by atoms with E-state index in [0.717, 1.165) is 15.1 Å². The number of fused-ring (bicyclic) bond motifs is 2. The molecule has 38 heavy (non-hydrogen) atoms. The summed E-state index contributed by atoms with van der Waals surface area (Å²) >= 11 is 7.86. The number of imide groups is 1. The summed E-state index contributed by atoms with van der Waals surface area (Å²) in [5.41, 5.74) is 0.996. The van der Waals surface area contributed by atoms with Crippen LogP contribution in [0.1, 0.15) is 31.2 Å². The minimum Gasteiger partial charge on any atom is -0.485 e. The van der Waals surface area contributed by atoms with Crippen LogP contribution in [-0.2, 0) is 16.1 Å². The highest BCUT2D eigenvalue weighted by atomic mass is 35.5. The number of thiophene rings is 1. The summed E-state index contributed by atoms with van der Waals surface area (Å²) in [5.74, 6) is -0.0943. The number of carbonyl (C=O) groups excluding carboxylic acids is 2. The van der Waals surface area contributed by atoms with Crippen molar-refractivity contribution in [3.63, 3.8) is 0 Å². The minimum atomic E-state index is -1.51. The van der Waals surface area contributed by atoms with Crippen LogP contribution < -0.4 is 10.1 Å². The van der Waals surface area contributed by atoms with E-state index in [2.05, 4.69) is 15.3 Å². The molecule has 0 bridgehead atoms. The molecule has 204 valence electrons. The third-order valence-electron chi connectivity index (χ3n) is 7.79. The van der Waals surface area contributed by atoms with Crippen LogP contribution in [0, 0.1) is 24.2 Å². The second kappa shape index (κ2) is 9.86. The highest BCUT2D eigenvalue weighted by Gasteiger charge is 2.72. The number of aromatic nitrogens is 2. The number of hydrogen-bond acceptors (Lipinski definition) is 7. The Labute approximate surface area is 241 Å². The zero-order chi connectivity index (χ0) is 25.6. The summed E-state index contributed by atoms with van der Waals surface area (Å²) in [6.45, 7) is 8.17. The molecule has 2 aliphatic heterocycles. The number of ether oxygens (including phenoxy) is 1. The second-order valence-electron chi connectivity index (χ2n) is 10.8. The van der Waals surface area contributed by atoms with Gasteiger partial charge < -0.3 is 10.1 Å². The summed E-state index contributed by atoms with van der Waals surface area (Å²) in [6, 6.07) is 5.44. The lowest BCUT2D eigenvalue weighted by molar-refractivity contribution is -0.143. The molecule has 2 saturated heterocycles. The Balaban J connectivity index is 0.00000168. The van der Waals surface area contributed by atoms with Crippen molar-refractivity contribution in [3.05, 3.63) is 40.0 Å². The van der Waals surface area contributed by atoms with Crippen molar-refractivity contribution in [1.82, 2.24) is 20.2 Å². The summed E-state index contributed by atoms with van der Waals surface area (Å²) in [6.07, 6.45) is 0.810. The van der Waals surface area contributed by atoms with Crippen molar-refractivity contribution in [2.75, 3.05) is 13.1 Å². The van der Waals surface area contributed by atoms with Gasteiger partial charge in [0.25, 0.3) is 0 Å². The third-order valence-corrected chi connectivity index (χ3v) is 9.13. The van der Waals surface area contributed by atoms with Crippen molar-refractivity contribution < 1.29 is 18.7 Å². The minimum absolute atomic E-state index is 0. The lowest BCUT2D eigenvalue weighted by Crippen LogP contribution is -2.38. The first-order valence-corrected chi connectivity index (χ1v) is 13.1. The first-order chi connectivity index (χ1) is 17.0. The summed E-state index contributed by atoms with van der Waals surface area (Å²) in [5, 5.41) is 3.56. The van der Waals surface area contributed by atoms with Crippen LogP contribution in [0.25, 0.3) is 21.5 Å². The molecule has 1 N–H and O–H groups in total. The van der Waals surface area contributed by atoms with Gasteiger partial charge >= 0.3 is 0 Å². The zero-order valence-electron chi connectivity index (χ0n) is 21.2. The average molecular weight is 602 g/mol. The Morgan fingerprint density at radius 2 is 1.84 bits per heavy atom. The average Bonchev–Trinajstić information content (AvgIpc) is 3.11. The molecule has 2 aromatic heterocycles. The van der Waals surface area contributed by atoms with Gasteiger partial charge in [0.2, 0.25) is 11.8 Å². The van der Waals surface area contributed by atoms with Gasteiger partial charge in [-0.15, -0.1) is 36.2 Å². The molecule has 4 unspecified atom stereocenters. The van der Waals surface area contributed by atoms with E-state index in [1.807, 2.05) is 26.8 Å².